The van der Waals surface area contributed by atoms with Crippen LogP contribution in [0.4, 0.5) is 26.3 Å². The summed E-state index contributed by atoms with van der Waals surface area (Å²) in [7, 11) is 0. The van der Waals surface area contributed by atoms with Crippen LogP contribution in [0.3, 0.4) is 0 Å². The Kier molecular flexibility index (Phi) is 4.86. The maximum atomic E-state index is 12.6. The number of ether oxygens (including phenoxy) is 1. The van der Waals surface area contributed by atoms with Crippen LogP contribution in [-0.4, -0.2) is 11.3 Å². The molecule has 0 bridgehead atoms. The van der Waals surface area contributed by atoms with Gasteiger partial charge in [0.25, 0.3) is 0 Å². The minimum absolute atomic E-state index is 0.371. The number of halogens is 7. The zero-order chi connectivity index (χ0) is 15.6. The Hall–Kier alpha value is -1.50. The zero-order valence-corrected chi connectivity index (χ0v) is 11.0. The average molecular weight is 363 g/mol. The predicted octanol–water partition coefficient (Wildman–Crippen LogP) is 3.96. The molecule has 1 aromatic rings. The summed E-state index contributed by atoms with van der Waals surface area (Å²) in [5.41, 5.74) is -2.49. The number of alkyl halides is 7. The molecule has 0 unspecified atom stereocenters. The lowest BCUT2D eigenvalue weighted by Crippen LogP contribution is -2.21. The molecule has 0 aliphatic carbocycles. The molecule has 0 N–H and O–H groups in total. The van der Waals surface area contributed by atoms with Gasteiger partial charge in [0.15, 0.2) is 5.75 Å². The second kappa shape index (κ2) is 5.87. The Morgan fingerprint density at radius 2 is 1.85 bits per heavy atom. The Morgan fingerprint density at radius 1 is 1.25 bits per heavy atom. The molecule has 10 heteroatoms. The van der Waals surface area contributed by atoms with Crippen molar-refractivity contribution in [2.24, 2.45) is 0 Å². The Bertz CT molecular complexity index is 534. The SMILES string of the molecule is N#CCc1cc(C(F)(F)F)nc(CBr)c1OC(F)(F)F. The van der Waals surface area contributed by atoms with Gasteiger partial charge in [-0.25, -0.2) is 4.98 Å². The van der Waals surface area contributed by atoms with E-state index >= 15 is 0 Å². The number of nitriles is 1. The van der Waals surface area contributed by atoms with Crippen LogP contribution in [0, 0.1) is 11.3 Å². The Labute approximate surface area is 117 Å². The first-order chi connectivity index (χ1) is 9.08. The summed E-state index contributed by atoms with van der Waals surface area (Å²) >= 11 is 2.74. The highest BCUT2D eigenvalue weighted by Crippen LogP contribution is 2.36. The van der Waals surface area contributed by atoms with E-state index in [-0.39, 0.29) is 5.33 Å². The van der Waals surface area contributed by atoms with Gasteiger partial charge in [-0.15, -0.1) is 13.2 Å². The molecule has 0 amide bonds. The van der Waals surface area contributed by atoms with Gasteiger partial charge in [-0.3, -0.25) is 0 Å². The third-order valence-corrected chi connectivity index (χ3v) is 2.56. The summed E-state index contributed by atoms with van der Waals surface area (Å²) in [5, 5.41) is 8.11. The van der Waals surface area contributed by atoms with Crippen molar-refractivity contribution in [2.45, 2.75) is 24.3 Å². The molecule has 0 aliphatic heterocycles. The van der Waals surface area contributed by atoms with Crippen molar-refractivity contribution in [3.63, 3.8) is 0 Å². The maximum absolute atomic E-state index is 12.6. The van der Waals surface area contributed by atoms with Gasteiger partial charge in [0, 0.05) is 10.9 Å². The summed E-state index contributed by atoms with van der Waals surface area (Å²) in [5.74, 6) is -0.885. The Balaban J connectivity index is 3.45. The van der Waals surface area contributed by atoms with Crippen molar-refractivity contribution in [1.29, 1.82) is 5.26 Å². The number of aromatic nitrogens is 1. The number of pyridine rings is 1. The van der Waals surface area contributed by atoms with Gasteiger partial charge in [-0.05, 0) is 6.07 Å². The number of hydrogen-bond acceptors (Lipinski definition) is 3. The van der Waals surface area contributed by atoms with Gasteiger partial charge in [-0.1, -0.05) is 15.9 Å². The summed E-state index contributed by atoms with van der Waals surface area (Å²) in [6.45, 7) is 0. The van der Waals surface area contributed by atoms with Crippen LogP contribution in [-0.2, 0) is 17.9 Å². The Morgan fingerprint density at radius 3 is 2.25 bits per heavy atom. The summed E-state index contributed by atoms with van der Waals surface area (Å²) in [6.07, 6.45) is -10.6. The van der Waals surface area contributed by atoms with Gasteiger partial charge in [0.05, 0.1) is 18.2 Å². The smallest absolute Gasteiger partial charge is 0.403 e. The monoisotopic (exact) mass is 362 g/mol. The van der Waals surface area contributed by atoms with Crippen LogP contribution in [0.1, 0.15) is 17.0 Å². The predicted molar refractivity (Wildman–Crippen MR) is 57.9 cm³/mol. The van der Waals surface area contributed by atoms with E-state index in [4.69, 9.17) is 5.26 Å². The van der Waals surface area contributed by atoms with E-state index in [0.717, 1.165) is 0 Å². The third kappa shape index (κ3) is 4.26. The molecule has 0 aromatic carbocycles. The van der Waals surface area contributed by atoms with E-state index in [2.05, 4.69) is 25.7 Å². The fourth-order valence-corrected chi connectivity index (χ4v) is 1.72. The van der Waals surface area contributed by atoms with E-state index in [0.29, 0.717) is 6.07 Å². The fraction of sp³-hybridized carbons (Fsp3) is 0.400. The molecular formula is C10H5BrF6N2O. The number of hydrogen-bond donors (Lipinski definition) is 0. The van der Waals surface area contributed by atoms with Crippen LogP contribution in [0.5, 0.6) is 5.75 Å². The van der Waals surface area contributed by atoms with Crippen LogP contribution in [0.2, 0.25) is 0 Å². The van der Waals surface area contributed by atoms with Gasteiger partial charge < -0.3 is 4.74 Å². The molecule has 1 aromatic heterocycles. The normalized spacial score (nSPS) is 12.1. The van der Waals surface area contributed by atoms with Crippen molar-refractivity contribution in [3.8, 4) is 11.8 Å². The highest BCUT2D eigenvalue weighted by molar-refractivity contribution is 9.08. The molecule has 0 saturated carbocycles. The van der Waals surface area contributed by atoms with E-state index in [9.17, 15) is 26.3 Å². The second-order valence-electron chi connectivity index (χ2n) is 3.46. The first kappa shape index (κ1) is 16.6. The molecule has 1 rings (SSSR count). The molecule has 0 atom stereocenters. The quantitative estimate of drug-likeness (QED) is 0.603. The topological polar surface area (TPSA) is 45.9 Å². The first-order valence-corrected chi connectivity index (χ1v) is 5.99. The van der Waals surface area contributed by atoms with Gasteiger partial charge in [0.2, 0.25) is 0 Å². The summed E-state index contributed by atoms with van der Waals surface area (Å²) in [4.78, 5) is 3.08. The van der Waals surface area contributed by atoms with Gasteiger partial charge in [-0.2, -0.15) is 18.4 Å². The zero-order valence-electron chi connectivity index (χ0n) is 9.44. The van der Waals surface area contributed by atoms with Crippen LogP contribution in [0.15, 0.2) is 6.07 Å². The molecule has 20 heavy (non-hydrogen) atoms. The van der Waals surface area contributed by atoms with Crippen LogP contribution in [0.25, 0.3) is 0 Å². The third-order valence-electron chi connectivity index (χ3n) is 2.02. The van der Waals surface area contributed by atoms with Crippen molar-refractivity contribution in [3.05, 3.63) is 23.0 Å². The van der Waals surface area contributed by atoms with Crippen molar-refractivity contribution in [2.75, 3.05) is 0 Å². The summed E-state index contributed by atoms with van der Waals surface area (Å²) < 4.78 is 78.1. The molecule has 0 saturated heterocycles. The standard InChI is InChI=1S/C10H5BrF6N2O/c11-4-6-8(20-10(15,16)17)5(1-2-18)3-7(19-6)9(12,13)14/h3H,1,4H2. The number of nitrogens with zero attached hydrogens (tertiary/aromatic N) is 2. The van der Waals surface area contributed by atoms with Gasteiger partial charge in [0.1, 0.15) is 5.69 Å². The first-order valence-electron chi connectivity index (χ1n) is 4.87. The van der Waals surface area contributed by atoms with Crippen LogP contribution >= 0.6 is 15.9 Å². The lowest BCUT2D eigenvalue weighted by atomic mass is 10.1. The van der Waals surface area contributed by atoms with Crippen LogP contribution < -0.4 is 4.74 Å². The van der Waals surface area contributed by atoms with Gasteiger partial charge >= 0.3 is 12.5 Å². The molecule has 1 heterocycles. The second-order valence-corrected chi connectivity index (χ2v) is 4.02. The molecule has 0 fully saturated rings. The van der Waals surface area contributed by atoms with Crippen molar-refractivity contribution < 1.29 is 31.1 Å². The minimum atomic E-state index is -5.09. The highest BCUT2D eigenvalue weighted by atomic mass is 79.9. The summed E-state index contributed by atoms with van der Waals surface area (Å²) in [6, 6.07) is 1.85. The molecule has 0 spiro atoms. The van der Waals surface area contributed by atoms with Crippen molar-refractivity contribution in [1.82, 2.24) is 4.98 Å². The van der Waals surface area contributed by atoms with E-state index in [1.807, 2.05) is 0 Å². The van der Waals surface area contributed by atoms with E-state index < -0.39 is 41.7 Å². The molecule has 110 valence electrons. The molecule has 0 aliphatic rings. The van der Waals surface area contributed by atoms with E-state index in [1.165, 1.54) is 6.07 Å². The average Bonchev–Trinajstić information content (AvgIpc) is 2.28. The highest BCUT2D eigenvalue weighted by Gasteiger charge is 2.37. The lowest BCUT2D eigenvalue weighted by Gasteiger charge is -2.17. The molecule has 3 nitrogen and oxygen atoms in total. The molecule has 0 radical (unpaired) electrons. The fourth-order valence-electron chi connectivity index (χ4n) is 1.34. The number of rotatable bonds is 3. The lowest BCUT2D eigenvalue weighted by molar-refractivity contribution is -0.275. The van der Waals surface area contributed by atoms with Crippen molar-refractivity contribution >= 4 is 15.9 Å². The van der Waals surface area contributed by atoms with E-state index in [1.54, 1.807) is 0 Å². The maximum Gasteiger partial charge on any atom is 0.573 e. The molecular weight excluding hydrogens is 358 g/mol. The largest absolute Gasteiger partial charge is 0.573 e. The minimum Gasteiger partial charge on any atom is -0.403 e.